The monoisotopic (exact) mass is 107 g/mol. The van der Waals surface area contributed by atoms with Gasteiger partial charge in [0, 0.05) is 0 Å². The van der Waals surface area contributed by atoms with Crippen LogP contribution in [-0.2, 0) is 0 Å². The Kier molecular flexibility index (Phi) is 5.61. The highest BCUT2D eigenvalue weighted by Gasteiger charge is 1.61. The molecule has 0 nitrogen and oxygen atoms in total. The molecule has 0 aromatic carbocycles. The van der Waals surface area contributed by atoms with Gasteiger partial charge >= 0.3 is 0 Å². The van der Waals surface area contributed by atoms with Gasteiger partial charge in [0.15, 0.2) is 0 Å². The average Bonchev–Trinajstić information content (AvgIpc) is 1.81. The third kappa shape index (κ3) is 5.22. The zero-order valence-corrected chi connectivity index (χ0v) is 5.01. The molecule has 0 fully saturated rings. The molecule has 1 radical (unpaired) electrons. The molecule has 0 heteroatoms. The van der Waals surface area contributed by atoms with E-state index in [-0.39, 0.29) is 0 Å². The molecule has 0 aliphatic heterocycles. The van der Waals surface area contributed by atoms with Crippen LogP contribution in [0.3, 0.4) is 0 Å². The summed E-state index contributed by atoms with van der Waals surface area (Å²) in [6, 6.07) is 0. The van der Waals surface area contributed by atoms with Crippen LogP contribution in [0.15, 0.2) is 37.0 Å². The van der Waals surface area contributed by atoms with Crippen molar-refractivity contribution < 1.29 is 0 Å². The summed E-state index contributed by atoms with van der Waals surface area (Å²) in [5, 5.41) is 0. The van der Waals surface area contributed by atoms with Gasteiger partial charge < -0.3 is 0 Å². The molecule has 8 heavy (non-hydrogen) atoms. The van der Waals surface area contributed by atoms with E-state index in [1.165, 1.54) is 0 Å². The Morgan fingerprint density at radius 2 is 2.00 bits per heavy atom. The summed E-state index contributed by atoms with van der Waals surface area (Å²) in [7, 11) is 0. The molecule has 0 aliphatic carbocycles. The van der Waals surface area contributed by atoms with Crippen molar-refractivity contribution in [2.45, 2.75) is 6.42 Å². The fourth-order valence-electron chi connectivity index (χ4n) is 0.332. The van der Waals surface area contributed by atoms with Crippen molar-refractivity contribution in [3.63, 3.8) is 0 Å². The second-order valence-electron chi connectivity index (χ2n) is 1.38. The molecule has 0 saturated carbocycles. The van der Waals surface area contributed by atoms with Crippen LogP contribution in [0.25, 0.3) is 0 Å². The van der Waals surface area contributed by atoms with Crippen molar-refractivity contribution in [2.75, 3.05) is 0 Å². The first-order valence-electron chi connectivity index (χ1n) is 2.63. The first-order valence-corrected chi connectivity index (χ1v) is 2.63. The standard InChI is InChI=1S/C8H11/c1-3-5-7-8-6-4-2/h3-5,7-8H,1-2,6H2. The molecule has 0 saturated heterocycles. The van der Waals surface area contributed by atoms with Crippen molar-refractivity contribution in [3.05, 3.63) is 43.9 Å². The predicted octanol–water partition coefficient (Wildman–Crippen LogP) is 2.51. The smallest absolute Gasteiger partial charge is 0.0169 e. The van der Waals surface area contributed by atoms with Crippen LogP contribution in [0.2, 0.25) is 0 Å². The van der Waals surface area contributed by atoms with Gasteiger partial charge in [0.2, 0.25) is 0 Å². The second kappa shape index (κ2) is 6.22. The summed E-state index contributed by atoms with van der Waals surface area (Å²) in [5.41, 5.74) is 0. The molecule has 0 atom stereocenters. The Balaban J connectivity index is 3.19. The zero-order valence-electron chi connectivity index (χ0n) is 5.01. The number of hydrogen-bond donors (Lipinski definition) is 0. The Hall–Kier alpha value is -0.780. The largest absolute Gasteiger partial charge is 0.103 e. The van der Waals surface area contributed by atoms with Crippen molar-refractivity contribution in [3.8, 4) is 0 Å². The highest BCUT2D eigenvalue weighted by molar-refractivity contribution is 5.04. The maximum Gasteiger partial charge on any atom is -0.0169 e. The van der Waals surface area contributed by atoms with Gasteiger partial charge in [-0.3, -0.25) is 0 Å². The van der Waals surface area contributed by atoms with E-state index in [1.54, 1.807) is 6.08 Å². The van der Waals surface area contributed by atoms with Crippen LogP contribution in [0.1, 0.15) is 6.42 Å². The lowest BCUT2D eigenvalue weighted by molar-refractivity contribution is 1.41. The average molecular weight is 107 g/mol. The van der Waals surface area contributed by atoms with Gasteiger partial charge in [-0.15, -0.1) is 6.58 Å². The van der Waals surface area contributed by atoms with Gasteiger partial charge in [-0.05, 0) is 13.3 Å². The van der Waals surface area contributed by atoms with E-state index in [1.807, 2.05) is 24.3 Å². The van der Waals surface area contributed by atoms with Crippen molar-refractivity contribution in [2.24, 2.45) is 0 Å². The maximum atomic E-state index is 3.57. The molecule has 0 aliphatic rings. The van der Waals surface area contributed by atoms with E-state index in [0.29, 0.717) is 0 Å². The molecule has 0 spiro atoms. The highest BCUT2D eigenvalue weighted by atomic mass is 13.7. The Bertz CT molecular complexity index is 96.6. The summed E-state index contributed by atoms with van der Waals surface area (Å²) >= 11 is 0. The third-order valence-electron chi connectivity index (χ3n) is 0.686. The lowest BCUT2D eigenvalue weighted by Crippen LogP contribution is -1.52. The van der Waals surface area contributed by atoms with Crippen LogP contribution in [-0.4, -0.2) is 0 Å². The zero-order chi connectivity index (χ0) is 6.24. The van der Waals surface area contributed by atoms with E-state index >= 15 is 0 Å². The summed E-state index contributed by atoms with van der Waals surface area (Å²) in [6.07, 6.45) is 10.4. The van der Waals surface area contributed by atoms with Gasteiger partial charge in [-0.2, -0.15) is 0 Å². The van der Waals surface area contributed by atoms with E-state index < -0.39 is 0 Å². The molecule has 0 aromatic heterocycles. The number of rotatable bonds is 3. The molecular weight excluding hydrogens is 96.1 g/mol. The first-order chi connectivity index (χ1) is 3.91. The van der Waals surface area contributed by atoms with E-state index in [0.717, 1.165) is 6.42 Å². The number of allylic oxidation sites excluding steroid dienone is 5. The third-order valence-corrected chi connectivity index (χ3v) is 0.686. The first kappa shape index (κ1) is 7.22. The van der Waals surface area contributed by atoms with Crippen LogP contribution in [0.4, 0.5) is 0 Å². The Morgan fingerprint density at radius 1 is 1.25 bits per heavy atom. The van der Waals surface area contributed by atoms with Crippen LogP contribution < -0.4 is 0 Å². The minimum Gasteiger partial charge on any atom is -0.103 e. The molecule has 0 rings (SSSR count). The van der Waals surface area contributed by atoms with Crippen molar-refractivity contribution >= 4 is 0 Å². The topological polar surface area (TPSA) is 0 Å². The molecule has 0 aromatic rings. The van der Waals surface area contributed by atoms with E-state index in [9.17, 15) is 0 Å². The van der Waals surface area contributed by atoms with E-state index in [4.69, 9.17) is 0 Å². The maximum absolute atomic E-state index is 3.57. The normalized spacial score (nSPS) is 11.1. The lowest BCUT2D eigenvalue weighted by atomic mass is 10.3. The van der Waals surface area contributed by atoms with Gasteiger partial charge in [0.1, 0.15) is 0 Å². The molecule has 0 amide bonds. The fourth-order valence-corrected chi connectivity index (χ4v) is 0.332. The predicted molar refractivity (Wildman–Crippen MR) is 38.5 cm³/mol. The van der Waals surface area contributed by atoms with Crippen LogP contribution in [0, 0.1) is 6.92 Å². The van der Waals surface area contributed by atoms with Gasteiger partial charge in [0.25, 0.3) is 0 Å². The van der Waals surface area contributed by atoms with Crippen LogP contribution in [0.5, 0.6) is 0 Å². The molecule has 43 valence electrons. The quantitative estimate of drug-likeness (QED) is 0.384. The summed E-state index contributed by atoms with van der Waals surface area (Å²) < 4.78 is 0. The Morgan fingerprint density at radius 3 is 2.50 bits per heavy atom. The summed E-state index contributed by atoms with van der Waals surface area (Å²) in [5.74, 6) is 0. The highest BCUT2D eigenvalue weighted by Crippen LogP contribution is 1.82. The minimum absolute atomic E-state index is 0.935. The summed E-state index contributed by atoms with van der Waals surface area (Å²) in [6.45, 7) is 7.09. The number of hydrogen-bond acceptors (Lipinski definition) is 0. The summed E-state index contributed by atoms with van der Waals surface area (Å²) in [4.78, 5) is 0. The van der Waals surface area contributed by atoms with Crippen LogP contribution >= 0.6 is 0 Å². The molecular formula is C8H11. The molecule has 0 bridgehead atoms. The van der Waals surface area contributed by atoms with Crippen molar-refractivity contribution in [1.82, 2.24) is 0 Å². The Labute approximate surface area is 51.2 Å². The molecule has 0 heterocycles. The minimum atomic E-state index is 0.935. The fraction of sp³-hybridized carbons (Fsp3) is 0.125. The molecule has 0 N–H and O–H groups in total. The van der Waals surface area contributed by atoms with Gasteiger partial charge in [0.05, 0.1) is 0 Å². The SMILES string of the molecule is [CH2]C=CC=CCC=C. The van der Waals surface area contributed by atoms with Gasteiger partial charge in [-0.25, -0.2) is 0 Å². The van der Waals surface area contributed by atoms with Crippen molar-refractivity contribution in [1.29, 1.82) is 0 Å². The van der Waals surface area contributed by atoms with Gasteiger partial charge in [-0.1, -0.05) is 30.4 Å². The lowest BCUT2D eigenvalue weighted by Gasteiger charge is -1.73. The van der Waals surface area contributed by atoms with E-state index in [2.05, 4.69) is 13.5 Å². The second-order valence-corrected chi connectivity index (χ2v) is 1.38. The molecule has 0 unspecified atom stereocenters.